The lowest BCUT2D eigenvalue weighted by molar-refractivity contribution is 0.0695. The molecule has 1 aliphatic carbocycles. The van der Waals surface area contributed by atoms with Gasteiger partial charge in [0.15, 0.2) is 0 Å². The molecular weight excluding hydrogens is 274 g/mol. The first-order valence-electron chi connectivity index (χ1n) is 7.91. The molecule has 1 aliphatic rings. The summed E-state index contributed by atoms with van der Waals surface area (Å²) in [7, 11) is 0. The molecule has 0 radical (unpaired) electrons. The fourth-order valence-electron chi connectivity index (χ4n) is 3.59. The van der Waals surface area contributed by atoms with Crippen LogP contribution in [0.2, 0.25) is 0 Å². The van der Waals surface area contributed by atoms with Crippen LogP contribution in [0.1, 0.15) is 57.8 Å². The summed E-state index contributed by atoms with van der Waals surface area (Å²) in [5.74, 6) is -0.331. The van der Waals surface area contributed by atoms with Gasteiger partial charge < -0.3 is 5.11 Å². The molecule has 0 saturated carbocycles. The van der Waals surface area contributed by atoms with Gasteiger partial charge in [0.05, 0.1) is 5.56 Å². The number of aryl methyl sites for hydroxylation is 2. The van der Waals surface area contributed by atoms with E-state index in [4.69, 9.17) is 0 Å². The monoisotopic (exact) mass is 295 g/mol. The van der Waals surface area contributed by atoms with Crippen molar-refractivity contribution in [3.05, 3.63) is 64.5 Å². The number of nitrogens with zero attached hydrogens (tertiary/aromatic N) is 1. The second-order valence-electron chi connectivity index (χ2n) is 6.11. The lowest BCUT2D eigenvalue weighted by Crippen LogP contribution is -2.13. The number of rotatable bonds is 4. The summed E-state index contributed by atoms with van der Waals surface area (Å²) >= 11 is 0. The van der Waals surface area contributed by atoms with Crippen LogP contribution in [0, 0.1) is 6.92 Å². The predicted octanol–water partition coefficient (Wildman–Crippen LogP) is 4.14. The smallest absolute Gasteiger partial charge is 0.336 e. The second kappa shape index (κ2) is 6.30. The largest absolute Gasteiger partial charge is 0.478 e. The lowest BCUT2D eigenvalue weighted by Gasteiger charge is -2.27. The molecule has 3 heteroatoms. The number of hydrogen-bond donors (Lipinski definition) is 1. The van der Waals surface area contributed by atoms with Crippen molar-refractivity contribution in [1.82, 2.24) is 4.98 Å². The molecule has 1 atom stereocenters. The zero-order chi connectivity index (χ0) is 15.5. The fraction of sp³-hybridized carbons (Fsp3) is 0.368. The molecule has 1 heterocycles. The van der Waals surface area contributed by atoms with Crippen LogP contribution in [0.3, 0.4) is 0 Å². The first kappa shape index (κ1) is 14.8. The molecule has 22 heavy (non-hydrogen) atoms. The van der Waals surface area contributed by atoms with Crippen LogP contribution in [0.4, 0.5) is 0 Å². The number of hydrogen-bond acceptors (Lipinski definition) is 2. The number of carboxylic acid groups (broad SMARTS) is 1. The van der Waals surface area contributed by atoms with Crippen molar-refractivity contribution >= 4 is 5.97 Å². The van der Waals surface area contributed by atoms with E-state index in [1.807, 2.05) is 0 Å². The molecule has 1 aromatic heterocycles. The second-order valence-corrected chi connectivity index (χ2v) is 6.11. The maximum atomic E-state index is 11.3. The van der Waals surface area contributed by atoms with E-state index >= 15 is 0 Å². The van der Waals surface area contributed by atoms with Gasteiger partial charge in [0, 0.05) is 12.4 Å². The van der Waals surface area contributed by atoms with Crippen molar-refractivity contribution in [1.29, 1.82) is 0 Å². The number of carbonyl (C=O) groups is 1. The standard InChI is InChI=1S/C19H21NO2/c1-13-4-2-7-17-14(5-3-6-16(13)17)8-9-15-12-20-11-10-18(15)19(21)22/h2,4,7,10-12,14H,3,5-6,8-9H2,1H3,(H,21,22). The van der Waals surface area contributed by atoms with Gasteiger partial charge in [0.2, 0.25) is 0 Å². The molecule has 1 aromatic carbocycles. The zero-order valence-electron chi connectivity index (χ0n) is 12.9. The highest BCUT2D eigenvalue weighted by molar-refractivity contribution is 5.89. The topological polar surface area (TPSA) is 50.2 Å². The molecule has 0 fully saturated rings. The molecule has 0 bridgehead atoms. The summed E-state index contributed by atoms with van der Waals surface area (Å²) < 4.78 is 0. The lowest BCUT2D eigenvalue weighted by atomic mass is 9.78. The number of benzene rings is 1. The van der Waals surface area contributed by atoms with Crippen LogP contribution >= 0.6 is 0 Å². The van der Waals surface area contributed by atoms with E-state index in [0.29, 0.717) is 11.5 Å². The Morgan fingerprint density at radius 1 is 1.36 bits per heavy atom. The van der Waals surface area contributed by atoms with E-state index in [1.54, 1.807) is 18.5 Å². The summed E-state index contributed by atoms with van der Waals surface area (Å²) in [5, 5.41) is 9.27. The Morgan fingerprint density at radius 3 is 3.05 bits per heavy atom. The third-order valence-electron chi connectivity index (χ3n) is 4.76. The van der Waals surface area contributed by atoms with Crippen molar-refractivity contribution in [2.75, 3.05) is 0 Å². The zero-order valence-corrected chi connectivity index (χ0v) is 12.9. The Morgan fingerprint density at radius 2 is 2.23 bits per heavy atom. The summed E-state index contributed by atoms with van der Waals surface area (Å²) in [6, 6.07) is 8.16. The van der Waals surface area contributed by atoms with Gasteiger partial charge in [0.25, 0.3) is 0 Å². The molecule has 0 amide bonds. The Balaban J connectivity index is 1.79. The highest BCUT2D eigenvalue weighted by atomic mass is 16.4. The fourth-order valence-corrected chi connectivity index (χ4v) is 3.59. The van der Waals surface area contributed by atoms with Crippen molar-refractivity contribution in [3.8, 4) is 0 Å². The van der Waals surface area contributed by atoms with Crippen molar-refractivity contribution in [3.63, 3.8) is 0 Å². The van der Waals surface area contributed by atoms with Crippen molar-refractivity contribution in [2.24, 2.45) is 0 Å². The first-order chi connectivity index (χ1) is 10.7. The van der Waals surface area contributed by atoms with Gasteiger partial charge in [-0.25, -0.2) is 4.79 Å². The maximum absolute atomic E-state index is 11.3. The molecule has 3 nitrogen and oxygen atoms in total. The highest BCUT2D eigenvalue weighted by Crippen LogP contribution is 2.36. The normalized spacial score (nSPS) is 17.0. The summed E-state index contributed by atoms with van der Waals surface area (Å²) in [5.41, 5.74) is 5.58. The van der Waals surface area contributed by atoms with Gasteiger partial charge >= 0.3 is 5.97 Å². The average Bonchev–Trinajstić information content (AvgIpc) is 2.53. The van der Waals surface area contributed by atoms with Gasteiger partial charge in [0.1, 0.15) is 0 Å². The van der Waals surface area contributed by atoms with Gasteiger partial charge in [-0.1, -0.05) is 18.2 Å². The quantitative estimate of drug-likeness (QED) is 0.922. The third kappa shape index (κ3) is 2.89. The van der Waals surface area contributed by atoms with Gasteiger partial charge in [-0.3, -0.25) is 4.98 Å². The van der Waals surface area contributed by atoms with E-state index in [2.05, 4.69) is 30.1 Å². The van der Waals surface area contributed by atoms with Crippen LogP contribution in [-0.2, 0) is 12.8 Å². The van der Waals surface area contributed by atoms with Gasteiger partial charge in [-0.15, -0.1) is 0 Å². The number of fused-ring (bicyclic) bond motifs is 1. The Kier molecular flexibility index (Phi) is 4.23. The van der Waals surface area contributed by atoms with Crippen LogP contribution in [0.25, 0.3) is 0 Å². The van der Waals surface area contributed by atoms with E-state index < -0.39 is 5.97 Å². The molecule has 3 rings (SSSR count). The van der Waals surface area contributed by atoms with Gasteiger partial charge in [-0.05, 0) is 73.3 Å². The number of aromatic carboxylic acids is 1. The van der Waals surface area contributed by atoms with Crippen molar-refractivity contribution < 1.29 is 9.90 Å². The number of aromatic nitrogens is 1. The maximum Gasteiger partial charge on any atom is 0.336 e. The molecule has 0 aliphatic heterocycles. The third-order valence-corrected chi connectivity index (χ3v) is 4.76. The predicted molar refractivity (Wildman–Crippen MR) is 86.4 cm³/mol. The SMILES string of the molecule is Cc1cccc2c1CCCC2CCc1cnccc1C(=O)O. The highest BCUT2D eigenvalue weighted by Gasteiger charge is 2.21. The van der Waals surface area contributed by atoms with Crippen molar-refractivity contribution in [2.45, 2.75) is 44.9 Å². The van der Waals surface area contributed by atoms with Crippen LogP contribution < -0.4 is 0 Å². The molecule has 0 spiro atoms. The Labute approximate surface area is 131 Å². The van der Waals surface area contributed by atoms with Crippen LogP contribution in [-0.4, -0.2) is 16.1 Å². The Hall–Kier alpha value is -2.16. The van der Waals surface area contributed by atoms with E-state index in [-0.39, 0.29) is 0 Å². The van der Waals surface area contributed by atoms with E-state index in [9.17, 15) is 9.90 Å². The summed E-state index contributed by atoms with van der Waals surface area (Å²) in [4.78, 5) is 15.4. The number of pyridine rings is 1. The minimum Gasteiger partial charge on any atom is -0.478 e. The molecule has 1 N–H and O–H groups in total. The molecule has 2 aromatic rings. The molecule has 1 unspecified atom stereocenters. The summed E-state index contributed by atoms with van der Waals surface area (Å²) in [6.07, 6.45) is 8.60. The minimum absolute atomic E-state index is 0.385. The summed E-state index contributed by atoms with van der Waals surface area (Å²) in [6.45, 7) is 2.19. The molecule has 0 saturated heterocycles. The van der Waals surface area contributed by atoms with E-state index in [0.717, 1.165) is 18.4 Å². The van der Waals surface area contributed by atoms with Crippen LogP contribution in [0.15, 0.2) is 36.7 Å². The Bertz CT molecular complexity index is 694. The molecular formula is C19H21NO2. The average molecular weight is 295 g/mol. The minimum atomic E-state index is -0.864. The number of carboxylic acids is 1. The van der Waals surface area contributed by atoms with E-state index in [1.165, 1.54) is 36.0 Å². The van der Waals surface area contributed by atoms with Crippen LogP contribution in [0.5, 0.6) is 0 Å². The first-order valence-corrected chi connectivity index (χ1v) is 7.91. The molecule has 114 valence electrons. The van der Waals surface area contributed by atoms with Gasteiger partial charge in [-0.2, -0.15) is 0 Å².